The fourth-order valence-electron chi connectivity index (χ4n) is 1.54. The van der Waals surface area contributed by atoms with Crippen molar-refractivity contribution in [2.45, 2.75) is 6.42 Å². The molecular formula is C15H15NaO. The van der Waals surface area contributed by atoms with Crippen LogP contribution in [0, 0.1) is 0 Å². The molecule has 0 spiro atoms. The summed E-state index contributed by atoms with van der Waals surface area (Å²) in [5.41, 5.74) is 1.15. The Hall–Kier alpha value is -1.02. The van der Waals surface area contributed by atoms with Crippen molar-refractivity contribution in [1.29, 1.82) is 0 Å². The second-order valence-corrected chi connectivity index (χ2v) is 3.52. The number of hydrogen-bond donors (Lipinski definition) is 0. The molecule has 0 aliphatic carbocycles. The maximum absolute atomic E-state index is 5.81. The van der Waals surface area contributed by atoms with Gasteiger partial charge in [-0.2, -0.15) is 0 Å². The molecule has 1 nitrogen and oxygen atoms in total. The van der Waals surface area contributed by atoms with Gasteiger partial charge in [0.2, 0.25) is 0 Å². The van der Waals surface area contributed by atoms with E-state index in [1.165, 1.54) is 0 Å². The summed E-state index contributed by atoms with van der Waals surface area (Å²) in [6.07, 6.45) is 2.70. The Balaban J connectivity index is 0.00000144. The number of para-hydroxylation sites is 2. The van der Waals surface area contributed by atoms with Gasteiger partial charge in [0.05, 0.1) is 0 Å². The molecule has 0 saturated heterocycles. The Morgan fingerprint density at radius 3 is 2.29 bits per heavy atom. The van der Waals surface area contributed by atoms with Gasteiger partial charge in [-0.05, 0) is 30.2 Å². The first-order chi connectivity index (χ1) is 7.90. The Morgan fingerprint density at radius 1 is 0.941 bits per heavy atom. The van der Waals surface area contributed by atoms with Crippen molar-refractivity contribution in [3.63, 3.8) is 0 Å². The zero-order valence-corrected chi connectivity index (χ0v) is 9.10. The van der Waals surface area contributed by atoms with Crippen molar-refractivity contribution in [3.05, 3.63) is 72.8 Å². The summed E-state index contributed by atoms with van der Waals surface area (Å²) in [4.78, 5) is 0. The standard InChI is InChI=1S/C15H14O.Na.H/c1-2-8-13-9-6-7-12-15(13)16-14-10-4-3-5-11-14;;/h2-7,9-12H,1,8H2;;. The van der Waals surface area contributed by atoms with Crippen LogP contribution in [-0.2, 0) is 6.42 Å². The third-order valence-electron chi connectivity index (χ3n) is 2.31. The topological polar surface area (TPSA) is 9.23 Å². The number of allylic oxidation sites excluding steroid dienone is 1. The maximum atomic E-state index is 5.81. The van der Waals surface area contributed by atoms with E-state index in [1.54, 1.807) is 0 Å². The molecule has 2 aromatic carbocycles. The molecule has 0 radical (unpaired) electrons. The van der Waals surface area contributed by atoms with Gasteiger partial charge in [-0.15, -0.1) is 6.58 Å². The van der Waals surface area contributed by atoms with Crippen molar-refractivity contribution in [2.75, 3.05) is 0 Å². The molecule has 82 valence electrons. The van der Waals surface area contributed by atoms with Crippen molar-refractivity contribution in [3.8, 4) is 11.5 Å². The SMILES string of the molecule is C=CCc1ccccc1Oc1ccccc1.[NaH]. The van der Waals surface area contributed by atoms with Crippen LogP contribution in [0.2, 0.25) is 0 Å². The molecule has 0 saturated carbocycles. The molecule has 0 fully saturated rings. The van der Waals surface area contributed by atoms with E-state index in [4.69, 9.17) is 4.74 Å². The number of rotatable bonds is 4. The van der Waals surface area contributed by atoms with Gasteiger partial charge in [0.15, 0.2) is 0 Å². The van der Waals surface area contributed by atoms with Gasteiger partial charge >= 0.3 is 29.6 Å². The van der Waals surface area contributed by atoms with Gasteiger partial charge in [-0.25, -0.2) is 0 Å². The predicted molar refractivity (Wildman–Crippen MR) is 74.0 cm³/mol. The fraction of sp³-hybridized carbons (Fsp3) is 0.0667. The summed E-state index contributed by atoms with van der Waals surface area (Å²) in [7, 11) is 0. The van der Waals surface area contributed by atoms with E-state index >= 15 is 0 Å². The van der Waals surface area contributed by atoms with E-state index in [0.717, 1.165) is 23.5 Å². The summed E-state index contributed by atoms with van der Waals surface area (Å²) in [5.74, 6) is 1.76. The van der Waals surface area contributed by atoms with Gasteiger partial charge in [0, 0.05) is 0 Å². The molecule has 0 aliphatic heterocycles. The first-order valence-corrected chi connectivity index (χ1v) is 5.32. The second kappa shape index (κ2) is 7.33. The molecule has 2 heteroatoms. The first-order valence-electron chi connectivity index (χ1n) is 5.32. The van der Waals surface area contributed by atoms with Crippen molar-refractivity contribution >= 4 is 29.6 Å². The number of hydrogen-bond acceptors (Lipinski definition) is 1. The zero-order valence-electron chi connectivity index (χ0n) is 9.10. The van der Waals surface area contributed by atoms with E-state index < -0.39 is 0 Å². The first kappa shape index (κ1) is 14.0. The molecule has 0 bridgehead atoms. The third-order valence-corrected chi connectivity index (χ3v) is 2.31. The zero-order chi connectivity index (χ0) is 11.2. The van der Waals surface area contributed by atoms with E-state index in [2.05, 4.69) is 12.6 Å². The molecule has 2 aromatic rings. The van der Waals surface area contributed by atoms with Gasteiger partial charge < -0.3 is 4.74 Å². The summed E-state index contributed by atoms with van der Waals surface area (Å²) in [6, 6.07) is 17.8. The minimum absolute atomic E-state index is 0. The minimum atomic E-state index is 0. The Labute approximate surface area is 124 Å². The van der Waals surface area contributed by atoms with E-state index in [-0.39, 0.29) is 29.6 Å². The number of benzene rings is 2. The molecule has 0 heterocycles. The van der Waals surface area contributed by atoms with Crippen LogP contribution in [0.15, 0.2) is 67.3 Å². The summed E-state index contributed by atoms with van der Waals surface area (Å²) < 4.78 is 5.81. The normalized spacial score (nSPS) is 9.18. The van der Waals surface area contributed by atoms with Gasteiger partial charge in [-0.1, -0.05) is 42.5 Å². The summed E-state index contributed by atoms with van der Waals surface area (Å²) >= 11 is 0. The fourth-order valence-corrected chi connectivity index (χ4v) is 1.54. The van der Waals surface area contributed by atoms with Crippen LogP contribution < -0.4 is 4.74 Å². The summed E-state index contributed by atoms with van der Waals surface area (Å²) in [6.45, 7) is 3.75. The van der Waals surface area contributed by atoms with Gasteiger partial charge in [-0.3, -0.25) is 0 Å². The van der Waals surface area contributed by atoms with E-state index in [9.17, 15) is 0 Å². The van der Waals surface area contributed by atoms with Crippen LogP contribution in [0.4, 0.5) is 0 Å². The Bertz CT molecular complexity index is 465. The predicted octanol–water partition coefficient (Wildman–Crippen LogP) is 3.56. The van der Waals surface area contributed by atoms with Crippen LogP contribution in [0.25, 0.3) is 0 Å². The number of ether oxygens (including phenoxy) is 1. The molecule has 17 heavy (non-hydrogen) atoms. The molecule has 0 aliphatic rings. The van der Waals surface area contributed by atoms with Crippen LogP contribution in [0.1, 0.15) is 5.56 Å². The van der Waals surface area contributed by atoms with Gasteiger partial charge in [0.25, 0.3) is 0 Å². The Morgan fingerprint density at radius 2 is 1.59 bits per heavy atom. The van der Waals surface area contributed by atoms with Crippen molar-refractivity contribution in [2.24, 2.45) is 0 Å². The average Bonchev–Trinajstić information content (AvgIpc) is 2.33. The Kier molecular flexibility index (Phi) is 6.06. The van der Waals surface area contributed by atoms with Crippen LogP contribution >= 0.6 is 0 Å². The van der Waals surface area contributed by atoms with Gasteiger partial charge in [0.1, 0.15) is 11.5 Å². The molecule has 0 aromatic heterocycles. The van der Waals surface area contributed by atoms with Crippen molar-refractivity contribution < 1.29 is 4.74 Å². The van der Waals surface area contributed by atoms with Crippen LogP contribution in [0.3, 0.4) is 0 Å². The summed E-state index contributed by atoms with van der Waals surface area (Å²) in [5, 5.41) is 0. The second-order valence-electron chi connectivity index (χ2n) is 3.52. The molecule has 0 atom stereocenters. The van der Waals surface area contributed by atoms with Crippen LogP contribution in [-0.4, -0.2) is 29.6 Å². The molecular weight excluding hydrogens is 219 g/mol. The van der Waals surface area contributed by atoms with Crippen LogP contribution in [0.5, 0.6) is 11.5 Å². The molecule has 0 unspecified atom stereocenters. The quantitative estimate of drug-likeness (QED) is 0.580. The third kappa shape index (κ3) is 4.04. The molecule has 0 amide bonds. The van der Waals surface area contributed by atoms with E-state index in [0.29, 0.717) is 0 Å². The molecule has 0 N–H and O–H groups in total. The van der Waals surface area contributed by atoms with Crippen molar-refractivity contribution in [1.82, 2.24) is 0 Å². The monoisotopic (exact) mass is 234 g/mol. The van der Waals surface area contributed by atoms with E-state index in [1.807, 2.05) is 54.6 Å². The molecule has 2 rings (SSSR count). The average molecular weight is 234 g/mol.